The zero-order valence-electron chi connectivity index (χ0n) is 7.47. The Kier molecular flexibility index (Phi) is 1.92. The molecule has 1 fully saturated rings. The fourth-order valence-corrected chi connectivity index (χ4v) is 1.36. The molecule has 2 nitrogen and oxygen atoms in total. The van der Waals surface area contributed by atoms with Crippen molar-refractivity contribution in [2.24, 2.45) is 0 Å². The van der Waals surface area contributed by atoms with Crippen LogP contribution in [0.3, 0.4) is 0 Å². The average Bonchev–Trinajstić information content (AvgIpc) is 2.83. The quantitative estimate of drug-likeness (QED) is 0.706. The van der Waals surface area contributed by atoms with E-state index in [0.29, 0.717) is 5.69 Å². The largest absolute Gasteiger partial charge is 0.425 e. The second-order valence-electron chi connectivity index (χ2n) is 3.23. The molecular weight excluding hydrogens is 193 g/mol. The summed E-state index contributed by atoms with van der Waals surface area (Å²) in [5.41, 5.74) is 3.68. The van der Waals surface area contributed by atoms with Crippen LogP contribution in [-0.2, 0) is 0 Å². The Bertz CT molecular complexity index is 348. The highest BCUT2D eigenvalue weighted by molar-refractivity contribution is 5.56. The number of halogens is 3. The lowest BCUT2D eigenvalue weighted by molar-refractivity contribution is -0.128. The second-order valence-corrected chi connectivity index (χ2v) is 3.23. The van der Waals surface area contributed by atoms with Crippen molar-refractivity contribution >= 4 is 5.69 Å². The van der Waals surface area contributed by atoms with Crippen molar-refractivity contribution in [1.29, 1.82) is 0 Å². The smallest absolute Gasteiger partial charge is 0.278 e. The van der Waals surface area contributed by atoms with Gasteiger partial charge in [-0.1, -0.05) is 18.2 Å². The van der Waals surface area contributed by atoms with E-state index in [-0.39, 0.29) is 0 Å². The topological polar surface area (TPSA) is 25.0 Å². The van der Waals surface area contributed by atoms with Crippen LogP contribution in [0.5, 0.6) is 0 Å². The van der Waals surface area contributed by atoms with Gasteiger partial charge in [-0.2, -0.15) is 13.2 Å². The summed E-state index contributed by atoms with van der Waals surface area (Å²) in [6.45, 7) is 1.78. The van der Waals surface area contributed by atoms with Crippen LogP contribution in [0.2, 0.25) is 0 Å². The van der Waals surface area contributed by atoms with E-state index in [1.165, 1.54) is 0 Å². The van der Waals surface area contributed by atoms with Gasteiger partial charge >= 0.3 is 6.18 Å². The Morgan fingerprint density at radius 2 is 1.93 bits per heavy atom. The highest BCUT2D eigenvalue weighted by Crippen LogP contribution is 2.35. The fourth-order valence-electron chi connectivity index (χ4n) is 1.36. The van der Waals surface area contributed by atoms with Gasteiger partial charge in [0.25, 0.3) is 0 Å². The molecule has 1 N–H and O–H groups in total. The molecule has 76 valence electrons. The Labute approximate surface area is 79.3 Å². The average molecular weight is 202 g/mol. The Balaban J connectivity index is 2.18. The van der Waals surface area contributed by atoms with Crippen LogP contribution in [0.25, 0.3) is 0 Å². The van der Waals surface area contributed by atoms with Crippen molar-refractivity contribution in [1.82, 2.24) is 5.43 Å². The third kappa shape index (κ3) is 1.55. The molecule has 0 radical (unpaired) electrons. The van der Waals surface area contributed by atoms with E-state index >= 15 is 0 Å². The number of hydrogen-bond donors (Lipinski definition) is 1. The lowest BCUT2D eigenvalue weighted by atomic mass is 10.2. The number of anilines is 1. The molecule has 5 heteroatoms. The van der Waals surface area contributed by atoms with Crippen molar-refractivity contribution in [3.63, 3.8) is 0 Å². The van der Waals surface area contributed by atoms with Crippen molar-refractivity contribution in [3.05, 3.63) is 29.8 Å². The van der Waals surface area contributed by atoms with Crippen LogP contribution in [-0.4, -0.2) is 12.3 Å². The summed E-state index contributed by atoms with van der Waals surface area (Å²) in [5.74, 6) is 0. The molecule has 1 aromatic rings. The highest BCUT2D eigenvalue weighted by Gasteiger charge is 2.55. The first kappa shape index (κ1) is 9.33. The first-order chi connectivity index (χ1) is 6.50. The van der Waals surface area contributed by atoms with Crippen molar-refractivity contribution in [2.75, 3.05) is 5.01 Å². The van der Waals surface area contributed by atoms with E-state index in [9.17, 15) is 13.2 Å². The number of nitrogens with one attached hydrogen (secondary N) is 1. The maximum atomic E-state index is 12.2. The van der Waals surface area contributed by atoms with Gasteiger partial charge in [-0.25, -0.2) is 5.43 Å². The predicted molar refractivity (Wildman–Crippen MR) is 46.6 cm³/mol. The first-order valence-electron chi connectivity index (χ1n) is 4.18. The van der Waals surface area contributed by atoms with Crippen LogP contribution in [0, 0.1) is 6.92 Å². The summed E-state index contributed by atoms with van der Waals surface area (Å²) < 4.78 is 36.6. The molecule has 0 saturated carbocycles. The highest BCUT2D eigenvalue weighted by atomic mass is 19.4. The molecule has 0 spiro atoms. The normalized spacial score (nSPS) is 21.1. The van der Waals surface area contributed by atoms with E-state index in [2.05, 4.69) is 5.43 Å². The molecule has 1 unspecified atom stereocenters. The Morgan fingerprint density at radius 3 is 2.43 bits per heavy atom. The summed E-state index contributed by atoms with van der Waals surface area (Å²) in [6.07, 6.45) is -5.73. The third-order valence-corrected chi connectivity index (χ3v) is 2.14. The van der Waals surface area contributed by atoms with E-state index in [1.54, 1.807) is 31.2 Å². The lowest BCUT2D eigenvalue weighted by Gasteiger charge is -2.07. The number of benzene rings is 1. The minimum absolute atomic E-state index is 0.579. The summed E-state index contributed by atoms with van der Waals surface area (Å²) in [6, 6.07) is 6.96. The van der Waals surface area contributed by atoms with Gasteiger partial charge < -0.3 is 0 Å². The summed E-state index contributed by atoms with van der Waals surface area (Å²) in [4.78, 5) is 0. The fraction of sp³-hybridized carbons (Fsp3) is 0.333. The van der Waals surface area contributed by atoms with Crippen molar-refractivity contribution < 1.29 is 13.2 Å². The monoisotopic (exact) mass is 202 g/mol. The number of para-hydroxylation sites is 1. The van der Waals surface area contributed by atoms with Gasteiger partial charge in [0.2, 0.25) is 6.17 Å². The summed E-state index contributed by atoms with van der Waals surface area (Å²) in [7, 11) is 0. The number of hydrogen-bond acceptors (Lipinski definition) is 2. The maximum Gasteiger partial charge on any atom is 0.425 e. The summed E-state index contributed by atoms with van der Waals surface area (Å²) in [5, 5.41) is 1.12. The maximum absolute atomic E-state index is 12.2. The van der Waals surface area contributed by atoms with Crippen molar-refractivity contribution in [3.8, 4) is 0 Å². The number of rotatable bonds is 1. The molecule has 14 heavy (non-hydrogen) atoms. The lowest BCUT2D eigenvalue weighted by Crippen LogP contribution is -2.21. The number of nitrogens with zero attached hydrogens (tertiary/aromatic N) is 1. The van der Waals surface area contributed by atoms with Crippen LogP contribution >= 0.6 is 0 Å². The van der Waals surface area contributed by atoms with Gasteiger partial charge in [0.1, 0.15) is 0 Å². The molecule has 1 heterocycles. The minimum Gasteiger partial charge on any atom is -0.278 e. The zero-order chi connectivity index (χ0) is 10.3. The predicted octanol–water partition coefficient (Wildman–Crippen LogP) is 2.21. The minimum atomic E-state index is -4.21. The van der Waals surface area contributed by atoms with Gasteiger partial charge in [-0.15, -0.1) is 0 Å². The molecule has 2 rings (SSSR count). The molecule has 1 aliphatic heterocycles. The van der Waals surface area contributed by atoms with E-state index in [1.807, 2.05) is 0 Å². The van der Waals surface area contributed by atoms with E-state index in [4.69, 9.17) is 0 Å². The molecule has 0 aromatic heterocycles. The zero-order valence-corrected chi connectivity index (χ0v) is 7.47. The van der Waals surface area contributed by atoms with Crippen LogP contribution in [0.1, 0.15) is 5.56 Å². The standard InChI is InChI=1S/C9H9F3N2/c1-6-4-2-3-5-7(6)14-8(13-14)9(10,11)12/h2-5,8,13H,1H3. The van der Waals surface area contributed by atoms with Crippen LogP contribution in [0.15, 0.2) is 24.3 Å². The van der Waals surface area contributed by atoms with E-state index in [0.717, 1.165) is 10.6 Å². The molecule has 1 aromatic carbocycles. The Morgan fingerprint density at radius 1 is 1.29 bits per heavy atom. The molecule has 1 aliphatic rings. The van der Waals surface area contributed by atoms with Gasteiger partial charge in [0.05, 0.1) is 5.69 Å². The molecule has 0 amide bonds. The summed E-state index contributed by atoms with van der Waals surface area (Å²) >= 11 is 0. The van der Waals surface area contributed by atoms with Gasteiger partial charge in [-0.3, -0.25) is 5.01 Å². The number of hydrazine groups is 1. The van der Waals surface area contributed by atoms with Crippen LogP contribution < -0.4 is 10.4 Å². The van der Waals surface area contributed by atoms with Gasteiger partial charge in [0.15, 0.2) is 0 Å². The van der Waals surface area contributed by atoms with Gasteiger partial charge in [0, 0.05) is 0 Å². The first-order valence-corrected chi connectivity index (χ1v) is 4.18. The SMILES string of the molecule is Cc1ccccc1N1NC1C(F)(F)F. The number of alkyl halides is 3. The van der Waals surface area contributed by atoms with E-state index < -0.39 is 12.3 Å². The second kappa shape index (κ2) is 2.88. The molecule has 1 atom stereocenters. The molecule has 0 aliphatic carbocycles. The molecule has 0 bridgehead atoms. The molecule has 1 saturated heterocycles. The number of aryl methyl sites for hydroxylation is 1. The third-order valence-electron chi connectivity index (χ3n) is 2.14. The van der Waals surface area contributed by atoms with Crippen molar-refractivity contribution in [2.45, 2.75) is 19.3 Å². The Hall–Kier alpha value is -1.23. The van der Waals surface area contributed by atoms with Crippen LogP contribution in [0.4, 0.5) is 18.9 Å². The van der Waals surface area contributed by atoms with Gasteiger partial charge in [-0.05, 0) is 18.6 Å². The molecular formula is C9H9F3N2.